The van der Waals surface area contributed by atoms with Crippen LogP contribution in [0.25, 0.3) is 27.7 Å². The second kappa shape index (κ2) is 9.56. The molecule has 1 amide bonds. The van der Waals surface area contributed by atoms with E-state index in [0.29, 0.717) is 17.3 Å². The molecule has 4 rings (SSSR count). The summed E-state index contributed by atoms with van der Waals surface area (Å²) in [7, 11) is 1.60. The van der Waals surface area contributed by atoms with Gasteiger partial charge in [0, 0.05) is 33.8 Å². The van der Waals surface area contributed by atoms with Gasteiger partial charge in [0.25, 0.3) is 0 Å². The Bertz CT molecular complexity index is 1360. The Morgan fingerprint density at radius 3 is 2.38 bits per heavy atom. The van der Waals surface area contributed by atoms with E-state index < -0.39 is 0 Å². The number of ether oxygens (including phenoxy) is 1. The van der Waals surface area contributed by atoms with Crippen molar-refractivity contribution in [1.82, 2.24) is 0 Å². The third-order valence-electron chi connectivity index (χ3n) is 6.02. The standard InChI is InChI=1S/C29H28FNO3/c1-17(2)20-8-12-23(13-9-20)31-27(32)14-18(3)24-15-25-26(21-6-10-22(30)11-7-21)16-34-29(25)19(4)28(24)33-5/h6-17H,1-5H3,(H,31,32)/b18-14+. The SMILES string of the molecule is COc1c(/C(C)=C/C(=O)Nc2ccc(C(C)C)cc2)cc2c(-c3ccc(F)cc3)coc2c1C. The van der Waals surface area contributed by atoms with Crippen LogP contribution in [0.2, 0.25) is 0 Å². The van der Waals surface area contributed by atoms with Crippen LogP contribution >= 0.6 is 0 Å². The van der Waals surface area contributed by atoms with Crippen LogP contribution in [0.1, 0.15) is 43.4 Å². The summed E-state index contributed by atoms with van der Waals surface area (Å²) in [5.74, 6) is 0.565. The molecule has 0 fully saturated rings. The fourth-order valence-electron chi connectivity index (χ4n) is 4.13. The zero-order chi connectivity index (χ0) is 24.4. The van der Waals surface area contributed by atoms with Crippen molar-refractivity contribution in [2.75, 3.05) is 12.4 Å². The van der Waals surface area contributed by atoms with Crippen molar-refractivity contribution >= 4 is 28.1 Å². The van der Waals surface area contributed by atoms with E-state index in [4.69, 9.17) is 9.15 Å². The molecule has 174 valence electrons. The molecule has 0 aliphatic rings. The van der Waals surface area contributed by atoms with Gasteiger partial charge in [0.2, 0.25) is 5.91 Å². The highest BCUT2D eigenvalue weighted by molar-refractivity contribution is 6.06. The smallest absolute Gasteiger partial charge is 0.248 e. The van der Waals surface area contributed by atoms with E-state index in [1.54, 1.807) is 31.6 Å². The Hall–Kier alpha value is -3.86. The Morgan fingerprint density at radius 2 is 1.76 bits per heavy atom. The number of amides is 1. The Kier molecular flexibility index (Phi) is 6.55. The van der Waals surface area contributed by atoms with Crippen molar-refractivity contribution in [2.24, 2.45) is 0 Å². The molecule has 0 aliphatic carbocycles. The van der Waals surface area contributed by atoms with Gasteiger partial charge in [-0.3, -0.25) is 4.79 Å². The van der Waals surface area contributed by atoms with Crippen LogP contribution in [-0.2, 0) is 4.79 Å². The highest BCUT2D eigenvalue weighted by Crippen LogP contribution is 2.40. The van der Waals surface area contributed by atoms with E-state index in [1.807, 2.05) is 44.2 Å². The van der Waals surface area contributed by atoms with E-state index in [-0.39, 0.29) is 11.7 Å². The monoisotopic (exact) mass is 457 g/mol. The minimum absolute atomic E-state index is 0.222. The second-order valence-electron chi connectivity index (χ2n) is 8.71. The maximum absolute atomic E-state index is 13.4. The first-order chi connectivity index (χ1) is 16.3. The molecule has 0 unspecified atom stereocenters. The van der Waals surface area contributed by atoms with Gasteiger partial charge in [-0.05, 0) is 66.8 Å². The number of carbonyl (C=O) groups is 1. The van der Waals surface area contributed by atoms with Gasteiger partial charge in [-0.15, -0.1) is 0 Å². The number of nitrogens with one attached hydrogen (secondary N) is 1. The summed E-state index contributed by atoms with van der Waals surface area (Å²) in [4.78, 5) is 12.8. The average Bonchev–Trinajstić information content (AvgIpc) is 3.24. The number of benzene rings is 3. The summed E-state index contributed by atoms with van der Waals surface area (Å²) >= 11 is 0. The van der Waals surface area contributed by atoms with E-state index in [9.17, 15) is 9.18 Å². The largest absolute Gasteiger partial charge is 0.496 e. The van der Waals surface area contributed by atoms with E-state index in [0.717, 1.165) is 38.9 Å². The maximum Gasteiger partial charge on any atom is 0.248 e. The summed E-state index contributed by atoms with van der Waals surface area (Å²) in [6, 6.07) is 16.1. The molecule has 3 aromatic carbocycles. The highest BCUT2D eigenvalue weighted by Gasteiger charge is 2.19. The molecule has 0 atom stereocenters. The number of allylic oxidation sites excluding steroid dienone is 1. The molecule has 4 nitrogen and oxygen atoms in total. The fraction of sp³-hybridized carbons (Fsp3) is 0.207. The summed E-state index contributed by atoms with van der Waals surface area (Å²) in [5, 5.41) is 3.80. The van der Waals surface area contributed by atoms with Crippen LogP contribution < -0.4 is 10.1 Å². The van der Waals surface area contributed by atoms with Crippen LogP contribution in [-0.4, -0.2) is 13.0 Å². The molecule has 0 saturated heterocycles. The van der Waals surface area contributed by atoms with Crippen molar-refractivity contribution in [3.05, 3.63) is 89.4 Å². The number of hydrogen-bond donors (Lipinski definition) is 1. The summed E-state index contributed by atoms with van der Waals surface area (Å²) in [6.07, 6.45) is 3.23. The Balaban J connectivity index is 1.70. The molecule has 4 aromatic rings. The lowest BCUT2D eigenvalue weighted by molar-refractivity contribution is -0.111. The van der Waals surface area contributed by atoms with Crippen LogP contribution in [0, 0.1) is 12.7 Å². The van der Waals surface area contributed by atoms with Crippen LogP contribution in [0.5, 0.6) is 5.75 Å². The van der Waals surface area contributed by atoms with Crippen LogP contribution in [0.15, 0.2) is 71.4 Å². The van der Waals surface area contributed by atoms with Gasteiger partial charge in [0.15, 0.2) is 0 Å². The molecule has 1 aromatic heterocycles. The molecule has 34 heavy (non-hydrogen) atoms. The van der Waals surface area contributed by atoms with Gasteiger partial charge >= 0.3 is 0 Å². The summed E-state index contributed by atoms with van der Waals surface area (Å²) in [6.45, 7) is 8.06. The van der Waals surface area contributed by atoms with Gasteiger partial charge in [0.05, 0.1) is 13.4 Å². The van der Waals surface area contributed by atoms with E-state index >= 15 is 0 Å². The molecular formula is C29H28FNO3. The van der Waals surface area contributed by atoms with Gasteiger partial charge < -0.3 is 14.5 Å². The summed E-state index contributed by atoms with van der Waals surface area (Å²) < 4.78 is 25.0. The first kappa shape index (κ1) is 23.3. The lowest BCUT2D eigenvalue weighted by Gasteiger charge is -2.13. The molecule has 0 saturated carbocycles. The second-order valence-corrected chi connectivity index (χ2v) is 8.71. The number of halogens is 1. The third kappa shape index (κ3) is 4.60. The lowest BCUT2D eigenvalue weighted by Crippen LogP contribution is -2.09. The van der Waals surface area contributed by atoms with E-state index in [1.165, 1.54) is 17.7 Å². The zero-order valence-corrected chi connectivity index (χ0v) is 20.0. The van der Waals surface area contributed by atoms with Gasteiger partial charge in [-0.25, -0.2) is 4.39 Å². The number of fused-ring (bicyclic) bond motifs is 1. The van der Waals surface area contributed by atoms with Crippen molar-refractivity contribution in [3.8, 4) is 16.9 Å². The average molecular weight is 458 g/mol. The van der Waals surface area contributed by atoms with Crippen molar-refractivity contribution in [3.63, 3.8) is 0 Å². The molecule has 0 aliphatic heterocycles. The maximum atomic E-state index is 13.4. The summed E-state index contributed by atoms with van der Waals surface area (Å²) in [5.41, 5.74) is 6.74. The van der Waals surface area contributed by atoms with Gasteiger partial charge in [-0.2, -0.15) is 0 Å². The molecule has 1 heterocycles. The van der Waals surface area contributed by atoms with Crippen molar-refractivity contribution in [2.45, 2.75) is 33.6 Å². The first-order valence-electron chi connectivity index (χ1n) is 11.2. The highest BCUT2D eigenvalue weighted by atomic mass is 19.1. The van der Waals surface area contributed by atoms with Crippen LogP contribution in [0.3, 0.4) is 0 Å². The quantitative estimate of drug-likeness (QED) is 0.302. The van der Waals surface area contributed by atoms with Crippen molar-refractivity contribution < 1.29 is 18.3 Å². The Morgan fingerprint density at radius 1 is 1.09 bits per heavy atom. The zero-order valence-electron chi connectivity index (χ0n) is 20.0. The minimum atomic E-state index is -0.293. The predicted octanol–water partition coefficient (Wildman–Crippen LogP) is 7.72. The molecule has 0 radical (unpaired) electrons. The molecule has 0 spiro atoms. The number of carbonyl (C=O) groups excluding carboxylic acids is 1. The van der Waals surface area contributed by atoms with Crippen LogP contribution in [0.4, 0.5) is 10.1 Å². The van der Waals surface area contributed by atoms with E-state index in [2.05, 4.69) is 19.2 Å². The number of hydrogen-bond acceptors (Lipinski definition) is 3. The molecule has 0 bridgehead atoms. The van der Waals surface area contributed by atoms with Gasteiger partial charge in [-0.1, -0.05) is 38.1 Å². The van der Waals surface area contributed by atoms with Gasteiger partial charge in [0.1, 0.15) is 17.1 Å². The Labute approximate surface area is 199 Å². The third-order valence-corrected chi connectivity index (χ3v) is 6.02. The minimum Gasteiger partial charge on any atom is -0.496 e. The molecule has 1 N–H and O–H groups in total. The molecular weight excluding hydrogens is 429 g/mol. The topological polar surface area (TPSA) is 51.5 Å². The first-order valence-corrected chi connectivity index (χ1v) is 11.2. The number of furan rings is 1. The fourth-order valence-corrected chi connectivity index (χ4v) is 4.13. The molecule has 5 heteroatoms. The normalized spacial score (nSPS) is 11.8. The van der Waals surface area contributed by atoms with Crippen molar-refractivity contribution in [1.29, 1.82) is 0 Å². The number of rotatable bonds is 6. The number of anilines is 1. The predicted molar refractivity (Wildman–Crippen MR) is 136 cm³/mol. The number of aryl methyl sites for hydroxylation is 1. The lowest BCUT2D eigenvalue weighted by atomic mass is 9.96. The number of methoxy groups -OCH3 is 1.